The molecule has 1 N–H and O–H groups in total. The number of nitrogens with zero attached hydrogens (tertiary/aromatic N) is 5. The number of aromatic nitrogens is 3. The van der Waals surface area contributed by atoms with Gasteiger partial charge in [-0.15, -0.1) is 0 Å². The fourth-order valence-corrected chi connectivity index (χ4v) is 5.71. The minimum absolute atomic E-state index is 0.0198. The first-order valence-electron chi connectivity index (χ1n) is 11.2. The monoisotopic (exact) mass is 445 g/mol. The van der Waals surface area contributed by atoms with Crippen LogP contribution in [0.3, 0.4) is 0 Å². The largest absolute Gasteiger partial charge is 0.480 e. The van der Waals surface area contributed by atoms with E-state index in [1.54, 1.807) is 12.1 Å². The molecule has 4 atom stereocenters. The Labute approximate surface area is 192 Å². The minimum Gasteiger partial charge on any atom is -0.480 e. The predicted octanol–water partition coefficient (Wildman–Crippen LogP) is 4.61. The van der Waals surface area contributed by atoms with Crippen molar-refractivity contribution in [3.8, 4) is 11.9 Å². The normalized spacial score (nSPS) is 25.8. The number of hydrogen-bond acceptors (Lipinski definition) is 5. The van der Waals surface area contributed by atoms with Crippen LogP contribution in [0.1, 0.15) is 37.4 Å². The second-order valence-corrected chi connectivity index (χ2v) is 9.69. The second-order valence-electron chi connectivity index (χ2n) is 9.69. The van der Waals surface area contributed by atoms with Crippen LogP contribution < -0.4 is 9.64 Å². The van der Waals surface area contributed by atoms with Gasteiger partial charge in [0.15, 0.2) is 0 Å². The molecule has 0 radical (unpaired) electrons. The highest BCUT2D eigenvalue weighted by Gasteiger charge is 2.60. The molecular weight excluding hydrogens is 418 g/mol. The molecular formula is C25H27N5O3. The van der Waals surface area contributed by atoms with Crippen LogP contribution in [0.25, 0.3) is 11.0 Å². The summed E-state index contributed by atoms with van der Waals surface area (Å²) < 4.78 is 7.54. The fourth-order valence-electron chi connectivity index (χ4n) is 5.71. The number of nitriles is 1. The molecule has 1 aromatic carbocycles. The molecule has 4 unspecified atom stereocenters. The Morgan fingerprint density at radius 1 is 1.36 bits per heavy atom. The number of anilines is 1. The summed E-state index contributed by atoms with van der Waals surface area (Å²) in [5.41, 5.74) is 3.79. The van der Waals surface area contributed by atoms with Gasteiger partial charge in [0.1, 0.15) is 5.69 Å². The van der Waals surface area contributed by atoms with Crippen LogP contribution in [-0.4, -0.2) is 38.9 Å². The van der Waals surface area contributed by atoms with E-state index in [9.17, 15) is 15.2 Å². The van der Waals surface area contributed by atoms with Crippen molar-refractivity contribution in [2.45, 2.75) is 45.7 Å². The fraction of sp³-hybridized carbons (Fsp3) is 0.440. The first-order valence-corrected chi connectivity index (χ1v) is 11.2. The molecule has 3 aromatic rings. The van der Waals surface area contributed by atoms with Gasteiger partial charge in [0, 0.05) is 18.3 Å². The van der Waals surface area contributed by atoms with E-state index in [0.717, 1.165) is 42.5 Å². The van der Waals surface area contributed by atoms with Crippen molar-refractivity contribution in [2.24, 2.45) is 17.3 Å². The number of fused-ring (bicyclic) bond motifs is 2. The number of benzene rings is 1. The Morgan fingerprint density at radius 3 is 2.91 bits per heavy atom. The molecule has 2 aliphatic carbocycles. The average molecular weight is 446 g/mol. The molecule has 5 rings (SSSR count). The molecule has 0 saturated heterocycles. The maximum absolute atomic E-state index is 12.3. The molecule has 0 aliphatic heterocycles. The molecule has 1 amide bonds. The highest BCUT2D eigenvalue weighted by Crippen LogP contribution is 2.59. The van der Waals surface area contributed by atoms with Gasteiger partial charge in [0.2, 0.25) is 5.88 Å². The van der Waals surface area contributed by atoms with Crippen LogP contribution in [0.5, 0.6) is 5.88 Å². The van der Waals surface area contributed by atoms with E-state index < -0.39 is 6.09 Å². The Hall–Kier alpha value is -3.60. The summed E-state index contributed by atoms with van der Waals surface area (Å²) >= 11 is 0. The van der Waals surface area contributed by atoms with E-state index >= 15 is 0 Å². The summed E-state index contributed by atoms with van der Waals surface area (Å²) in [7, 11) is 1.52. The third-order valence-corrected chi connectivity index (χ3v) is 7.33. The van der Waals surface area contributed by atoms with Gasteiger partial charge in [-0.2, -0.15) is 5.26 Å². The van der Waals surface area contributed by atoms with Crippen molar-refractivity contribution in [3.05, 3.63) is 47.9 Å². The quantitative estimate of drug-likeness (QED) is 0.615. The molecule has 2 heterocycles. The molecule has 8 nitrogen and oxygen atoms in total. The van der Waals surface area contributed by atoms with Gasteiger partial charge in [0.25, 0.3) is 0 Å². The number of aryl methyl sites for hydroxylation is 1. The van der Waals surface area contributed by atoms with E-state index in [1.165, 1.54) is 12.0 Å². The number of rotatable bonds is 5. The number of ether oxygens (including phenoxy) is 1. The second kappa shape index (κ2) is 7.77. The summed E-state index contributed by atoms with van der Waals surface area (Å²) in [5.74, 6) is 1.00. The highest BCUT2D eigenvalue weighted by atomic mass is 16.5. The summed E-state index contributed by atoms with van der Waals surface area (Å²) in [5, 5.41) is 19.3. The van der Waals surface area contributed by atoms with E-state index in [1.807, 2.05) is 31.5 Å². The van der Waals surface area contributed by atoms with Gasteiger partial charge in [-0.25, -0.2) is 14.8 Å². The lowest BCUT2D eigenvalue weighted by atomic mass is 9.75. The van der Waals surface area contributed by atoms with Crippen molar-refractivity contribution in [2.75, 3.05) is 12.0 Å². The number of carboxylic acid groups (broad SMARTS) is 1. The first kappa shape index (κ1) is 21.3. The Kier molecular flexibility index (Phi) is 5.00. The lowest BCUT2D eigenvalue weighted by molar-refractivity contribution is 0.176. The van der Waals surface area contributed by atoms with E-state index in [2.05, 4.69) is 27.5 Å². The predicted molar refractivity (Wildman–Crippen MR) is 123 cm³/mol. The zero-order chi connectivity index (χ0) is 23.3. The number of imidazole rings is 1. The standard InChI is InChI=1S/C25H27N5O3/c1-15-4-7-20(23(28-15)33-3)30(24(31)32)22-17-8-9-25(2,11-18(17)22)13-29-14-27-19-6-5-16(12-26)10-21(19)29/h4-7,10,14,17-18,22H,8-9,11,13H2,1-3H3,(H,31,32). The van der Waals surface area contributed by atoms with Gasteiger partial charge in [-0.05, 0) is 73.8 Å². The highest BCUT2D eigenvalue weighted by molar-refractivity contribution is 5.89. The first-order chi connectivity index (χ1) is 15.8. The molecule has 33 heavy (non-hydrogen) atoms. The number of amides is 1. The number of pyridine rings is 1. The lowest BCUT2D eigenvalue weighted by Crippen LogP contribution is -2.34. The van der Waals surface area contributed by atoms with Crippen molar-refractivity contribution in [3.63, 3.8) is 0 Å². The molecule has 0 bridgehead atoms. The topological polar surface area (TPSA) is 104 Å². The zero-order valence-electron chi connectivity index (χ0n) is 19.0. The van der Waals surface area contributed by atoms with Gasteiger partial charge < -0.3 is 14.4 Å². The van der Waals surface area contributed by atoms with Crippen molar-refractivity contribution in [1.29, 1.82) is 5.26 Å². The Morgan fingerprint density at radius 2 is 2.18 bits per heavy atom. The van der Waals surface area contributed by atoms with Crippen LogP contribution >= 0.6 is 0 Å². The third-order valence-electron chi connectivity index (χ3n) is 7.33. The molecule has 2 aromatic heterocycles. The van der Waals surface area contributed by atoms with Crippen LogP contribution in [0.2, 0.25) is 0 Å². The van der Waals surface area contributed by atoms with Gasteiger partial charge in [-0.3, -0.25) is 4.90 Å². The van der Waals surface area contributed by atoms with Crippen LogP contribution in [0, 0.1) is 35.5 Å². The number of methoxy groups -OCH3 is 1. The van der Waals surface area contributed by atoms with E-state index in [4.69, 9.17) is 4.74 Å². The molecule has 2 aliphatic rings. The van der Waals surface area contributed by atoms with Crippen molar-refractivity contribution < 1.29 is 14.6 Å². The SMILES string of the molecule is COc1nc(C)ccc1N(C(=O)O)C1C2CCC(C)(Cn3cnc4ccc(C#N)cc43)CC21. The van der Waals surface area contributed by atoms with Crippen molar-refractivity contribution in [1.82, 2.24) is 14.5 Å². The summed E-state index contributed by atoms with van der Waals surface area (Å²) in [6, 6.07) is 11.3. The third kappa shape index (κ3) is 3.67. The maximum atomic E-state index is 12.3. The van der Waals surface area contributed by atoms with Crippen molar-refractivity contribution >= 4 is 22.8 Å². The smallest absolute Gasteiger partial charge is 0.412 e. The molecule has 2 saturated carbocycles. The van der Waals surface area contributed by atoms with Gasteiger partial charge in [0.05, 0.1) is 36.1 Å². The Bertz CT molecular complexity index is 1280. The molecule has 170 valence electrons. The van der Waals surface area contributed by atoms with Crippen LogP contribution in [-0.2, 0) is 6.54 Å². The van der Waals surface area contributed by atoms with Crippen LogP contribution in [0.15, 0.2) is 36.7 Å². The number of hydrogen-bond donors (Lipinski definition) is 1. The Balaban J connectivity index is 1.38. The minimum atomic E-state index is -0.968. The summed E-state index contributed by atoms with van der Waals surface area (Å²) in [4.78, 5) is 22.7. The maximum Gasteiger partial charge on any atom is 0.412 e. The molecule has 2 fully saturated rings. The van der Waals surface area contributed by atoms with Crippen LogP contribution in [0.4, 0.5) is 10.5 Å². The van der Waals surface area contributed by atoms with Gasteiger partial charge >= 0.3 is 6.09 Å². The zero-order valence-corrected chi connectivity index (χ0v) is 19.0. The summed E-state index contributed by atoms with van der Waals surface area (Å²) in [6.07, 6.45) is 3.81. The molecule has 0 spiro atoms. The molecule has 8 heteroatoms. The van der Waals surface area contributed by atoms with Gasteiger partial charge in [-0.1, -0.05) is 6.92 Å². The summed E-state index contributed by atoms with van der Waals surface area (Å²) in [6.45, 7) is 4.92. The van der Waals surface area contributed by atoms with E-state index in [0.29, 0.717) is 29.0 Å². The lowest BCUT2D eigenvalue weighted by Gasteiger charge is -2.33. The average Bonchev–Trinajstić information content (AvgIpc) is 3.33. The van der Waals surface area contributed by atoms with E-state index in [-0.39, 0.29) is 11.5 Å². The number of carbonyl (C=O) groups is 1.